The van der Waals surface area contributed by atoms with Crippen molar-refractivity contribution in [2.24, 2.45) is 0 Å². The van der Waals surface area contributed by atoms with Crippen LogP contribution in [0.3, 0.4) is 0 Å². The molecule has 0 bridgehead atoms. The second-order valence-electron chi connectivity index (χ2n) is 13.3. The number of nitrogens with one attached hydrogen (secondary N) is 1. The maximum atomic E-state index is 3.53. The van der Waals surface area contributed by atoms with Gasteiger partial charge in [-0.1, -0.05) is 0 Å². The van der Waals surface area contributed by atoms with E-state index in [0.717, 1.165) is 13.1 Å². The van der Waals surface area contributed by atoms with E-state index in [2.05, 4.69) is 85.3 Å². The predicted molar refractivity (Wildman–Crippen MR) is 147 cm³/mol. The molecule has 3 saturated heterocycles. The van der Waals surface area contributed by atoms with Crippen molar-refractivity contribution in [3.63, 3.8) is 0 Å². The van der Waals surface area contributed by atoms with Crippen LogP contribution >= 0.6 is 0 Å². The van der Waals surface area contributed by atoms with Gasteiger partial charge in [-0.2, -0.15) is 0 Å². The molecule has 6 heteroatoms. The lowest BCUT2D eigenvalue weighted by molar-refractivity contribution is -0.00315. The van der Waals surface area contributed by atoms with Gasteiger partial charge in [0.05, 0.1) is 0 Å². The minimum Gasteiger partial charge on any atom is -0.314 e. The summed E-state index contributed by atoms with van der Waals surface area (Å²) in [5.41, 5.74) is 0.827. The fourth-order valence-electron chi connectivity index (χ4n) is 6.37. The summed E-state index contributed by atoms with van der Waals surface area (Å²) in [6, 6.07) is 0.671. The Morgan fingerprint density at radius 1 is 0.588 bits per heavy atom. The average Bonchev–Trinajstić information content (AvgIpc) is 2.83. The van der Waals surface area contributed by atoms with E-state index in [-0.39, 0.29) is 16.6 Å². The highest BCUT2D eigenvalue weighted by Gasteiger charge is 2.39. The van der Waals surface area contributed by atoms with Crippen molar-refractivity contribution in [2.75, 3.05) is 85.6 Å². The van der Waals surface area contributed by atoms with E-state index in [0.29, 0.717) is 6.04 Å². The van der Waals surface area contributed by atoms with Crippen LogP contribution in [0.15, 0.2) is 0 Å². The monoisotopic (exact) mass is 478 g/mol. The lowest BCUT2D eigenvalue weighted by Crippen LogP contribution is -2.59. The second kappa shape index (κ2) is 11.9. The maximum absolute atomic E-state index is 3.53. The third-order valence-electron chi connectivity index (χ3n) is 9.69. The molecule has 3 heterocycles. The van der Waals surface area contributed by atoms with Gasteiger partial charge in [-0.15, -0.1) is 0 Å². The first-order valence-electron chi connectivity index (χ1n) is 14.3. The Morgan fingerprint density at radius 3 is 1.50 bits per heavy atom. The van der Waals surface area contributed by atoms with Crippen molar-refractivity contribution in [2.45, 2.75) is 96.8 Å². The summed E-state index contributed by atoms with van der Waals surface area (Å²) in [5.74, 6) is 0. The minimum absolute atomic E-state index is 0.269. The lowest BCUT2D eigenvalue weighted by atomic mass is 9.79. The Kier molecular flexibility index (Phi) is 9.89. The molecule has 3 fully saturated rings. The largest absolute Gasteiger partial charge is 0.314 e. The molecule has 34 heavy (non-hydrogen) atoms. The second-order valence-corrected chi connectivity index (χ2v) is 13.3. The van der Waals surface area contributed by atoms with E-state index in [9.17, 15) is 0 Å². The molecule has 0 aromatic heterocycles. The van der Waals surface area contributed by atoms with E-state index in [1.165, 1.54) is 91.1 Å². The molecule has 0 aromatic rings. The van der Waals surface area contributed by atoms with Gasteiger partial charge in [-0.3, -0.25) is 19.6 Å². The summed E-state index contributed by atoms with van der Waals surface area (Å²) in [5, 5.41) is 3.53. The molecular formula is C28H58N6. The van der Waals surface area contributed by atoms with Crippen molar-refractivity contribution in [1.29, 1.82) is 0 Å². The van der Waals surface area contributed by atoms with Gasteiger partial charge in [0, 0.05) is 101 Å². The van der Waals surface area contributed by atoms with Crippen molar-refractivity contribution in [3.05, 3.63) is 0 Å². The van der Waals surface area contributed by atoms with Gasteiger partial charge >= 0.3 is 0 Å². The standard InChI is InChI=1S/C28H58N6/c1-25(2)31-19-23-33(24-20-31)27(5,6)10-12-28(7,34-21-17-30(8)18-22-34)11-9-26(3,4)32-15-13-29-14-16-32/h25,29H,9-24H2,1-8H3. The van der Waals surface area contributed by atoms with Crippen LogP contribution in [0.5, 0.6) is 0 Å². The van der Waals surface area contributed by atoms with E-state index in [1.54, 1.807) is 0 Å². The topological polar surface area (TPSA) is 28.2 Å². The van der Waals surface area contributed by atoms with Gasteiger partial charge < -0.3 is 10.2 Å². The van der Waals surface area contributed by atoms with Crippen molar-refractivity contribution >= 4 is 0 Å². The SMILES string of the molecule is CC(C)N1CCN(C(C)(C)CCC(C)(CCC(C)(C)N2CCNCC2)N2CCN(C)CC2)CC1. The third-order valence-corrected chi connectivity index (χ3v) is 9.69. The summed E-state index contributed by atoms with van der Waals surface area (Å²) < 4.78 is 0. The van der Waals surface area contributed by atoms with Crippen LogP contribution in [0.4, 0.5) is 0 Å². The molecule has 1 atom stereocenters. The zero-order valence-corrected chi connectivity index (χ0v) is 24.1. The fourth-order valence-corrected chi connectivity index (χ4v) is 6.37. The van der Waals surface area contributed by atoms with Crippen LogP contribution in [0.25, 0.3) is 0 Å². The Morgan fingerprint density at radius 2 is 1.03 bits per heavy atom. The van der Waals surface area contributed by atoms with Gasteiger partial charge in [-0.25, -0.2) is 0 Å². The first kappa shape index (κ1) is 28.3. The van der Waals surface area contributed by atoms with Crippen LogP contribution in [0.1, 0.15) is 74.1 Å². The summed E-state index contributed by atoms with van der Waals surface area (Å²) in [4.78, 5) is 13.5. The lowest BCUT2D eigenvalue weighted by Gasteiger charge is -2.50. The third kappa shape index (κ3) is 7.39. The quantitative estimate of drug-likeness (QED) is 0.519. The molecule has 200 valence electrons. The number of likely N-dealkylation sites (N-methyl/N-ethyl adjacent to an activating group) is 1. The molecule has 3 aliphatic heterocycles. The van der Waals surface area contributed by atoms with Crippen LogP contribution in [0.2, 0.25) is 0 Å². The zero-order chi connectivity index (χ0) is 25.0. The molecule has 0 radical (unpaired) electrons. The molecular weight excluding hydrogens is 420 g/mol. The number of hydrogen-bond acceptors (Lipinski definition) is 6. The number of nitrogens with zero attached hydrogens (tertiary/aromatic N) is 5. The molecule has 0 spiro atoms. The van der Waals surface area contributed by atoms with E-state index in [4.69, 9.17) is 0 Å². The van der Waals surface area contributed by atoms with E-state index < -0.39 is 0 Å². The Bertz CT molecular complexity index is 598. The summed E-state index contributed by atoms with van der Waals surface area (Å²) in [6.45, 7) is 31.6. The molecule has 0 saturated carbocycles. The first-order chi connectivity index (χ1) is 15.9. The maximum Gasteiger partial charge on any atom is 0.0183 e. The van der Waals surface area contributed by atoms with Crippen LogP contribution in [0, 0.1) is 0 Å². The molecule has 0 aromatic carbocycles. The zero-order valence-electron chi connectivity index (χ0n) is 24.1. The van der Waals surface area contributed by atoms with E-state index in [1.807, 2.05) is 0 Å². The van der Waals surface area contributed by atoms with Crippen LogP contribution < -0.4 is 5.32 Å². The van der Waals surface area contributed by atoms with Gasteiger partial charge in [0.15, 0.2) is 0 Å². The summed E-state index contributed by atoms with van der Waals surface area (Å²) in [7, 11) is 2.28. The van der Waals surface area contributed by atoms with Crippen molar-refractivity contribution < 1.29 is 0 Å². The molecule has 6 nitrogen and oxygen atoms in total. The predicted octanol–water partition coefficient (Wildman–Crippen LogP) is 3.04. The number of piperazine rings is 3. The highest BCUT2D eigenvalue weighted by atomic mass is 15.3. The summed E-state index contributed by atoms with van der Waals surface area (Å²) in [6.07, 6.45) is 5.16. The highest BCUT2D eigenvalue weighted by molar-refractivity contribution is 4.96. The molecule has 3 aliphatic rings. The molecule has 1 N–H and O–H groups in total. The molecule has 1 unspecified atom stereocenters. The Balaban J connectivity index is 1.63. The normalized spacial score (nSPS) is 25.7. The highest BCUT2D eigenvalue weighted by Crippen LogP contribution is 2.35. The van der Waals surface area contributed by atoms with Crippen LogP contribution in [-0.2, 0) is 0 Å². The molecule has 0 aliphatic carbocycles. The van der Waals surface area contributed by atoms with Crippen LogP contribution in [-0.4, -0.2) is 133 Å². The fraction of sp³-hybridized carbons (Fsp3) is 1.00. The van der Waals surface area contributed by atoms with Crippen molar-refractivity contribution in [3.8, 4) is 0 Å². The average molecular weight is 479 g/mol. The molecule has 0 amide bonds. The van der Waals surface area contributed by atoms with Crippen molar-refractivity contribution in [1.82, 2.24) is 29.8 Å². The Labute approximate surface area is 212 Å². The summed E-state index contributed by atoms with van der Waals surface area (Å²) >= 11 is 0. The van der Waals surface area contributed by atoms with E-state index >= 15 is 0 Å². The van der Waals surface area contributed by atoms with Gasteiger partial charge in [0.25, 0.3) is 0 Å². The Hall–Kier alpha value is -0.240. The molecule has 3 rings (SSSR count). The van der Waals surface area contributed by atoms with Gasteiger partial charge in [0.1, 0.15) is 0 Å². The van der Waals surface area contributed by atoms with Gasteiger partial charge in [-0.05, 0) is 81.2 Å². The minimum atomic E-state index is 0.269. The number of hydrogen-bond donors (Lipinski definition) is 1. The number of rotatable bonds is 10. The smallest absolute Gasteiger partial charge is 0.0183 e. The van der Waals surface area contributed by atoms with Gasteiger partial charge in [0.2, 0.25) is 0 Å². The first-order valence-corrected chi connectivity index (χ1v) is 14.3.